The van der Waals surface area contributed by atoms with Crippen molar-refractivity contribution in [3.05, 3.63) is 0 Å². The number of hydrogen-bond acceptors (Lipinski definition) is 5. The van der Waals surface area contributed by atoms with Gasteiger partial charge in [-0.2, -0.15) is 4.98 Å². The predicted octanol–water partition coefficient (Wildman–Crippen LogP) is -0.0427. The van der Waals surface area contributed by atoms with Crippen molar-refractivity contribution in [3.8, 4) is 0 Å². The number of nitrogens with two attached hydrogens (primary N) is 1. The highest BCUT2D eigenvalue weighted by Gasteiger charge is 2.09. The van der Waals surface area contributed by atoms with Gasteiger partial charge in [0.2, 0.25) is 17.0 Å². The lowest BCUT2D eigenvalue weighted by atomic mass is 10.5. The quantitative estimate of drug-likeness (QED) is 0.688. The molecule has 7 heteroatoms. The molecule has 0 atom stereocenters. The van der Waals surface area contributed by atoms with E-state index in [2.05, 4.69) is 15.2 Å². The van der Waals surface area contributed by atoms with Crippen LogP contribution < -0.4 is 5.73 Å². The molecule has 0 saturated heterocycles. The molecule has 1 aromatic rings. The molecule has 0 aliphatic heterocycles. The molecule has 0 saturated carbocycles. The smallest absolute Gasteiger partial charge is 0.232 e. The van der Waals surface area contributed by atoms with E-state index in [0.717, 1.165) is 0 Å². The Balaban J connectivity index is 2.37. The molecule has 1 rings (SSSR count). The molecule has 1 amide bonds. The van der Waals surface area contributed by atoms with E-state index in [1.165, 1.54) is 11.8 Å². The Morgan fingerprint density at radius 1 is 1.71 bits per heavy atom. The number of thioether (sulfide) groups is 1. The van der Waals surface area contributed by atoms with Crippen LogP contribution in [0.1, 0.15) is 6.92 Å². The molecule has 0 aliphatic rings. The number of aromatic amines is 1. The summed E-state index contributed by atoms with van der Waals surface area (Å²) in [5, 5.41) is 6.81. The van der Waals surface area contributed by atoms with Crippen LogP contribution in [0.4, 0.5) is 5.95 Å². The number of anilines is 1. The van der Waals surface area contributed by atoms with Crippen molar-refractivity contribution in [3.63, 3.8) is 0 Å². The van der Waals surface area contributed by atoms with E-state index in [9.17, 15) is 4.79 Å². The minimum Gasteiger partial charge on any atom is -0.368 e. The highest BCUT2D eigenvalue weighted by atomic mass is 32.2. The zero-order chi connectivity index (χ0) is 10.6. The average Bonchev–Trinajstić information content (AvgIpc) is 2.59. The van der Waals surface area contributed by atoms with Crippen LogP contribution in [0.3, 0.4) is 0 Å². The largest absolute Gasteiger partial charge is 0.368 e. The van der Waals surface area contributed by atoms with Gasteiger partial charge in [0.15, 0.2) is 0 Å². The van der Waals surface area contributed by atoms with Crippen molar-refractivity contribution >= 4 is 23.6 Å². The highest BCUT2D eigenvalue weighted by molar-refractivity contribution is 7.99. The minimum atomic E-state index is 0.0564. The van der Waals surface area contributed by atoms with Crippen LogP contribution in [-0.2, 0) is 4.79 Å². The van der Waals surface area contributed by atoms with E-state index < -0.39 is 0 Å². The number of aromatic nitrogens is 3. The lowest BCUT2D eigenvalue weighted by molar-refractivity contribution is -0.126. The topological polar surface area (TPSA) is 87.9 Å². The molecule has 0 radical (unpaired) electrons. The fourth-order valence-electron chi connectivity index (χ4n) is 0.736. The normalized spacial score (nSPS) is 10.1. The van der Waals surface area contributed by atoms with Crippen LogP contribution in [0.2, 0.25) is 0 Å². The van der Waals surface area contributed by atoms with Gasteiger partial charge in [-0.3, -0.25) is 4.79 Å². The summed E-state index contributed by atoms with van der Waals surface area (Å²) in [6, 6.07) is 0. The third-order valence-corrected chi connectivity index (χ3v) is 2.54. The van der Waals surface area contributed by atoms with Crippen molar-refractivity contribution in [2.24, 2.45) is 0 Å². The summed E-state index contributed by atoms with van der Waals surface area (Å²) in [6.45, 7) is 2.63. The third kappa shape index (κ3) is 2.91. The highest BCUT2D eigenvalue weighted by Crippen LogP contribution is 2.12. The molecule has 78 valence electrons. The van der Waals surface area contributed by atoms with E-state index in [4.69, 9.17) is 5.73 Å². The van der Waals surface area contributed by atoms with Crippen LogP contribution >= 0.6 is 11.8 Å². The number of nitrogens with one attached hydrogen (secondary N) is 1. The van der Waals surface area contributed by atoms with Crippen LogP contribution in [0.25, 0.3) is 0 Å². The zero-order valence-corrected chi connectivity index (χ0v) is 8.97. The maximum atomic E-state index is 11.4. The van der Waals surface area contributed by atoms with Gasteiger partial charge in [0, 0.05) is 13.6 Å². The first kappa shape index (κ1) is 10.8. The number of carbonyl (C=O) groups is 1. The molecule has 14 heavy (non-hydrogen) atoms. The lowest BCUT2D eigenvalue weighted by Gasteiger charge is -2.12. The Hall–Kier alpha value is -1.24. The molecule has 0 fully saturated rings. The molecular weight excluding hydrogens is 202 g/mol. The van der Waals surface area contributed by atoms with Crippen LogP contribution in [-0.4, -0.2) is 45.3 Å². The zero-order valence-electron chi connectivity index (χ0n) is 8.15. The molecule has 1 heterocycles. The van der Waals surface area contributed by atoms with E-state index in [1.54, 1.807) is 11.9 Å². The van der Waals surface area contributed by atoms with Gasteiger partial charge in [-0.25, -0.2) is 5.10 Å². The fourth-order valence-corrected chi connectivity index (χ4v) is 1.48. The molecule has 1 aromatic heterocycles. The Labute approximate surface area is 86.3 Å². The summed E-state index contributed by atoms with van der Waals surface area (Å²) in [7, 11) is 1.76. The van der Waals surface area contributed by atoms with Crippen LogP contribution in [0.5, 0.6) is 0 Å². The Morgan fingerprint density at radius 2 is 2.43 bits per heavy atom. The first-order valence-corrected chi connectivity index (χ1v) is 5.16. The van der Waals surface area contributed by atoms with Gasteiger partial charge in [-0.05, 0) is 6.92 Å². The van der Waals surface area contributed by atoms with Crippen molar-refractivity contribution in [1.82, 2.24) is 20.1 Å². The number of rotatable bonds is 4. The second-order valence-electron chi connectivity index (χ2n) is 2.70. The second-order valence-corrected chi connectivity index (χ2v) is 3.64. The van der Waals surface area contributed by atoms with Crippen molar-refractivity contribution in [1.29, 1.82) is 0 Å². The van der Waals surface area contributed by atoms with Crippen molar-refractivity contribution < 1.29 is 4.79 Å². The predicted molar refractivity (Wildman–Crippen MR) is 54.8 cm³/mol. The number of carbonyl (C=O) groups excluding carboxylic acids is 1. The Kier molecular flexibility index (Phi) is 3.75. The number of amides is 1. The molecule has 3 N–H and O–H groups in total. The number of hydrogen-bond donors (Lipinski definition) is 2. The molecule has 0 aliphatic carbocycles. The lowest BCUT2D eigenvalue weighted by Crippen LogP contribution is -2.27. The van der Waals surface area contributed by atoms with Gasteiger partial charge in [0.1, 0.15) is 0 Å². The van der Waals surface area contributed by atoms with Gasteiger partial charge in [-0.1, -0.05) is 11.8 Å². The SMILES string of the molecule is CCN(C)C(=O)CSc1n[nH]c(N)n1. The van der Waals surface area contributed by atoms with Gasteiger partial charge < -0.3 is 10.6 Å². The van der Waals surface area contributed by atoms with Crippen LogP contribution in [0, 0.1) is 0 Å². The van der Waals surface area contributed by atoms with Gasteiger partial charge in [-0.15, -0.1) is 5.10 Å². The van der Waals surface area contributed by atoms with E-state index in [0.29, 0.717) is 17.5 Å². The molecule has 0 spiro atoms. The Bertz CT molecular complexity index is 313. The second kappa shape index (κ2) is 4.85. The van der Waals surface area contributed by atoms with E-state index >= 15 is 0 Å². The Morgan fingerprint density at radius 3 is 2.93 bits per heavy atom. The van der Waals surface area contributed by atoms with E-state index in [1.807, 2.05) is 6.92 Å². The summed E-state index contributed by atoms with van der Waals surface area (Å²) in [5.74, 6) is 0.659. The molecule has 6 nitrogen and oxygen atoms in total. The fraction of sp³-hybridized carbons (Fsp3) is 0.571. The third-order valence-electron chi connectivity index (χ3n) is 1.71. The number of nitrogen functional groups attached to an aromatic ring is 1. The van der Waals surface area contributed by atoms with Gasteiger partial charge in [0.05, 0.1) is 5.75 Å². The van der Waals surface area contributed by atoms with Crippen molar-refractivity contribution in [2.45, 2.75) is 12.1 Å². The molecule has 0 unspecified atom stereocenters. The summed E-state index contributed by atoms with van der Waals surface area (Å²) < 4.78 is 0. The van der Waals surface area contributed by atoms with Crippen LogP contribution in [0.15, 0.2) is 5.16 Å². The van der Waals surface area contributed by atoms with E-state index in [-0.39, 0.29) is 11.9 Å². The standard InChI is InChI=1S/C7H13N5OS/c1-3-12(2)5(13)4-14-7-9-6(8)10-11-7/h3-4H2,1-2H3,(H3,8,9,10,11). The molecule has 0 bridgehead atoms. The number of H-pyrrole nitrogens is 1. The average molecular weight is 215 g/mol. The first-order valence-electron chi connectivity index (χ1n) is 4.18. The van der Waals surface area contributed by atoms with Gasteiger partial charge >= 0.3 is 0 Å². The maximum absolute atomic E-state index is 11.4. The summed E-state index contributed by atoms with van der Waals surface area (Å²) in [5.41, 5.74) is 5.33. The molecule has 0 aromatic carbocycles. The number of nitrogens with zero attached hydrogens (tertiary/aromatic N) is 3. The summed E-state index contributed by atoms with van der Waals surface area (Å²) >= 11 is 1.27. The molecular formula is C7H13N5OS. The van der Waals surface area contributed by atoms with Gasteiger partial charge in [0.25, 0.3) is 0 Å². The first-order chi connectivity index (χ1) is 6.63. The summed E-state index contributed by atoms with van der Waals surface area (Å²) in [4.78, 5) is 16.9. The monoisotopic (exact) mass is 215 g/mol. The summed E-state index contributed by atoms with van der Waals surface area (Å²) in [6.07, 6.45) is 0. The maximum Gasteiger partial charge on any atom is 0.232 e. The minimum absolute atomic E-state index is 0.0564. The van der Waals surface area contributed by atoms with Crippen molar-refractivity contribution in [2.75, 3.05) is 25.1 Å².